The Bertz CT molecular complexity index is 417. The van der Waals surface area contributed by atoms with Crippen LogP contribution in [0.25, 0.3) is 0 Å². The Morgan fingerprint density at radius 2 is 2.40 bits per heavy atom. The third-order valence-electron chi connectivity index (χ3n) is 2.31. The van der Waals surface area contributed by atoms with Gasteiger partial charge in [-0.05, 0) is 25.6 Å². The number of furan rings is 1. The van der Waals surface area contributed by atoms with Gasteiger partial charge in [0.05, 0.1) is 19.4 Å². The minimum atomic E-state index is 0.741. The summed E-state index contributed by atoms with van der Waals surface area (Å²) in [5, 5.41) is 3.08. The Morgan fingerprint density at radius 1 is 1.53 bits per heavy atom. The summed E-state index contributed by atoms with van der Waals surface area (Å²) in [4.78, 5) is 3.99. The van der Waals surface area contributed by atoms with Crippen LogP contribution in [0.5, 0.6) is 0 Å². The maximum absolute atomic E-state index is 5.72. The minimum Gasteiger partial charge on any atom is -0.463 e. The molecule has 0 radical (unpaired) electrons. The fraction of sp³-hybridized carbons (Fsp3) is 0.364. The standard InChI is InChI=1S/C11H15N3O/c1-9-5-10(15-11(9)6-12-2)7-14-4-3-13-8-14/h3-5,8,12H,6-7H2,1-2H3. The highest BCUT2D eigenvalue weighted by atomic mass is 16.3. The van der Waals surface area contributed by atoms with Crippen LogP contribution in [0.4, 0.5) is 0 Å². The van der Waals surface area contributed by atoms with Gasteiger partial charge in [0.25, 0.3) is 0 Å². The average Bonchev–Trinajstić information content (AvgIpc) is 2.79. The Morgan fingerprint density at radius 3 is 3.07 bits per heavy atom. The van der Waals surface area contributed by atoms with Gasteiger partial charge in [-0.2, -0.15) is 0 Å². The monoisotopic (exact) mass is 205 g/mol. The third kappa shape index (κ3) is 2.27. The number of hydrogen-bond acceptors (Lipinski definition) is 3. The van der Waals surface area contributed by atoms with Crippen molar-refractivity contribution in [2.45, 2.75) is 20.0 Å². The highest BCUT2D eigenvalue weighted by Crippen LogP contribution is 2.15. The summed E-state index contributed by atoms with van der Waals surface area (Å²) in [6.07, 6.45) is 5.48. The first-order valence-corrected chi connectivity index (χ1v) is 4.98. The van der Waals surface area contributed by atoms with Gasteiger partial charge in [-0.3, -0.25) is 0 Å². The van der Waals surface area contributed by atoms with Gasteiger partial charge >= 0.3 is 0 Å². The van der Waals surface area contributed by atoms with Crippen LogP contribution in [0.3, 0.4) is 0 Å². The molecule has 2 aromatic rings. The summed E-state index contributed by atoms with van der Waals surface area (Å²) in [5.41, 5.74) is 1.19. The topological polar surface area (TPSA) is 43.0 Å². The van der Waals surface area contributed by atoms with Gasteiger partial charge in [0.1, 0.15) is 11.5 Å². The molecule has 0 aliphatic rings. The van der Waals surface area contributed by atoms with Crippen LogP contribution in [0, 0.1) is 6.92 Å². The Balaban J connectivity index is 2.12. The van der Waals surface area contributed by atoms with Crippen molar-refractivity contribution in [2.75, 3.05) is 7.05 Å². The van der Waals surface area contributed by atoms with Crippen LogP contribution in [0.15, 0.2) is 29.2 Å². The summed E-state index contributed by atoms with van der Waals surface area (Å²) in [6, 6.07) is 2.08. The van der Waals surface area contributed by atoms with Crippen molar-refractivity contribution in [2.24, 2.45) is 0 Å². The highest BCUT2D eigenvalue weighted by Gasteiger charge is 2.06. The summed E-state index contributed by atoms with van der Waals surface area (Å²) >= 11 is 0. The molecule has 0 aromatic carbocycles. The third-order valence-corrected chi connectivity index (χ3v) is 2.31. The molecule has 4 nitrogen and oxygen atoms in total. The van der Waals surface area contributed by atoms with Gasteiger partial charge in [-0.15, -0.1) is 0 Å². The number of hydrogen-bond donors (Lipinski definition) is 1. The normalized spacial score (nSPS) is 10.8. The van der Waals surface area contributed by atoms with Crippen LogP contribution in [0.2, 0.25) is 0 Å². The molecule has 0 amide bonds. The molecule has 4 heteroatoms. The Hall–Kier alpha value is -1.55. The maximum atomic E-state index is 5.72. The van der Waals surface area contributed by atoms with Crippen LogP contribution >= 0.6 is 0 Å². The van der Waals surface area contributed by atoms with Gasteiger partial charge < -0.3 is 14.3 Å². The molecule has 0 bridgehead atoms. The summed E-state index contributed by atoms with van der Waals surface area (Å²) in [7, 11) is 1.91. The SMILES string of the molecule is CNCc1oc(Cn2ccnc2)cc1C. The first kappa shape index (κ1) is 9.98. The zero-order valence-electron chi connectivity index (χ0n) is 9.03. The molecular formula is C11H15N3O. The van der Waals surface area contributed by atoms with E-state index in [0.29, 0.717) is 0 Å². The van der Waals surface area contributed by atoms with E-state index in [9.17, 15) is 0 Å². The molecule has 0 saturated carbocycles. The van der Waals surface area contributed by atoms with Gasteiger partial charge in [0.15, 0.2) is 0 Å². The van der Waals surface area contributed by atoms with Crippen molar-refractivity contribution in [3.8, 4) is 0 Å². The molecule has 0 saturated heterocycles. The van der Waals surface area contributed by atoms with E-state index in [2.05, 4.69) is 23.3 Å². The molecule has 0 aliphatic heterocycles. The fourth-order valence-corrected chi connectivity index (χ4v) is 1.56. The fourth-order valence-electron chi connectivity index (χ4n) is 1.56. The van der Waals surface area contributed by atoms with E-state index in [1.165, 1.54) is 5.56 Å². The predicted molar refractivity (Wildman–Crippen MR) is 57.5 cm³/mol. The molecule has 2 rings (SSSR count). The summed E-state index contributed by atoms with van der Waals surface area (Å²) in [6.45, 7) is 3.58. The second-order valence-corrected chi connectivity index (χ2v) is 3.58. The van der Waals surface area contributed by atoms with Crippen LogP contribution < -0.4 is 5.32 Å². The Labute approximate surface area is 88.9 Å². The van der Waals surface area contributed by atoms with Crippen LogP contribution in [-0.2, 0) is 13.1 Å². The van der Waals surface area contributed by atoms with E-state index < -0.39 is 0 Å². The number of nitrogens with one attached hydrogen (secondary N) is 1. The minimum absolute atomic E-state index is 0.741. The van der Waals surface area contributed by atoms with Gasteiger partial charge in [0, 0.05) is 12.4 Å². The van der Waals surface area contributed by atoms with E-state index >= 15 is 0 Å². The molecular weight excluding hydrogens is 190 g/mol. The second-order valence-electron chi connectivity index (χ2n) is 3.58. The summed E-state index contributed by atoms with van der Waals surface area (Å²) < 4.78 is 7.70. The summed E-state index contributed by atoms with van der Waals surface area (Å²) in [5.74, 6) is 1.98. The van der Waals surface area contributed by atoms with E-state index in [-0.39, 0.29) is 0 Å². The molecule has 80 valence electrons. The molecule has 0 spiro atoms. The molecule has 0 atom stereocenters. The zero-order valence-corrected chi connectivity index (χ0v) is 9.03. The van der Waals surface area contributed by atoms with Gasteiger partial charge in [-0.25, -0.2) is 4.98 Å². The average molecular weight is 205 g/mol. The van der Waals surface area contributed by atoms with Crippen LogP contribution in [0.1, 0.15) is 17.1 Å². The maximum Gasteiger partial charge on any atom is 0.124 e. The molecule has 0 fully saturated rings. The zero-order chi connectivity index (χ0) is 10.7. The van der Waals surface area contributed by atoms with E-state index in [4.69, 9.17) is 4.42 Å². The van der Waals surface area contributed by atoms with Crippen molar-refractivity contribution in [1.29, 1.82) is 0 Å². The number of nitrogens with zero attached hydrogens (tertiary/aromatic N) is 2. The van der Waals surface area contributed by atoms with Crippen molar-refractivity contribution in [1.82, 2.24) is 14.9 Å². The van der Waals surface area contributed by atoms with E-state index in [1.54, 1.807) is 12.5 Å². The van der Waals surface area contributed by atoms with Crippen molar-refractivity contribution in [3.05, 3.63) is 41.9 Å². The smallest absolute Gasteiger partial charge is 0.124 e. The number of aryl methyl sites for hydroxylation is 1. The quantitative estimate of drug-likeness (QED) is 0.823. The lowest BCUT2D eigenvalue weighted by Crippen LogP contribution is -2.04. The van der Waals surface area contributed by atoms with Crippen molar-refractivity contribution in [3.63, 3.8) is 0 Å². The predicted octanol–water partition coefficient (Wildman–Crippen LogP) is 1.55. The van der Waals surface area contributed by atoms with Gasteiger partial charge in [0.2, 0.25) is 0 Å². The lowest BCUT2D eigenvalue weighted by molar-refractivity contribution is 0.443. The second kappa shape index (κ2) is 4.31. The molecule has 1 N–H and O–H groups in total. The lowest BCUT2D eigenvalue weighted by atomic mass is 10.2. The molecule has 15 heavy (non-hydrogen) atoms. The van der Waals surface area contributed by atoms with Gasteiger partial charge in [-0.1, -0.05) is 0 Å². The first-order chi connectivity index (χ1) is 7.29. The molecule has 2 heterocycles. The molecule has 0 unspecified atom stereocenters. The first-order valence-electron chi connectivity index (χ1n) is 4.98. The van der Waals surface area contributed by atoms with E-state index in [0.717, 1.165) is 24.6 Å². The van der Waals surface area contributed by atoms with Crippen molar-refractivity contribution < 1.29 is 4.42 Å². The Kier molecular flexibility index (Phi) is 2.87. The number of aromatic nitrogens is 2. The molecule has 0 aliphatic carbocycles. The number of rotatable bonds is 4. The largest absolute Gasteiger partial charge is 0.463 e. The van der Waals surface area contributed by atoms with E-state index in [1.807, 2.05) is 17.8 Å². The number of imidazole rings is 1. The molecule has 2 aromatic heterocycles. The van der Waals surface area contributed by atoms with Crippen molar-refractivity contribution >= 4 is 0 Å². The highest BCUT2D eigenvalue weighted by molar-refractivity contribution is 5.20. The van der Waals surface area contributed by atoms with Crippen LogP contribution in [-0.4, -0.2) is 16.6 Å². The lowest BCUT2D eigenvalue weighted by Gasteiger charge is -1.98.